The van der Waals surface area contributed by atoms with Gasteiger partial charge in [-0.25, -0.2) is 9.97 Å². The smallest absolute Gasteiger partial charge is 0.138 e. The van der Waals surface area contributed by atoms with Crippen molar-refractivity contribution < 1.29 is 0 Å². The Balaban J connectivity index is 2.43. The average Bonchev–Trinajstić information content (AvgIpc) is 2.80. The Morgan fingerprint density at radius 2 is 2.06 bits per heavy atom. The number of thiophene rings is 1. The van der Waals surface area contributed by atoms with Gasteiger partial charge in [-0.15, -0.1) is 11.3 Å². The Hall–Kier alpha value is -1.16. The van der Waals surface area contributed by atoms with E-state index in [0.717, 1.165) is 42.3 Å². The van der Waals surface area contributed by atoms with E-state index in [9.17, 15) is 0 Å². The molecule has 2 rings (SSSR count). The standard InChI is InChI=1S/C14H21N3S/c1-4-7-8-12-16-13(15-6-3)11-9-10(5-2)18-14(11)17-12/h9H,4-8H2,1-3H3,(H,15,16,17). The zero-order valence-corrected chi connectivity index (χ0v) is 12.2. The van der Waals surface area contributed by atoms with Crippen LogP contribution in [-0.2, 0) is 12.8 Å². The Morgan fingerprint density at radius 1 is 1.22 bits per heavy atom. The third-order valence-corrected chi connectivity index (χ3v) is 4.11. The molecule has 0 aromatic carbocycles. The Bertz CT molecular complexity index is 519. The highest BCUT2D eigenvalue weighted by atomic mass is 32.1. The van der Waals surface area contributed by atoms with Gasteiger partial charge >= 0.3 is 0 Å². The second kappa shape index (κ2) is 6.14. The highest BCUT2D eigenvalue weighted by Crippen LogP contribution is 2.29. The van der Waals surface area contributed by atoms with E-state index in [-0.39, 0.29) is 0 Å². The van der Waals surface area contributed by atoms with Gasteiger partial charge in [-0.05, 0) is 25.8 Å². The van der Waals surface area contributed by atoms with E-state index in [2.05, 4.69) is 37.1 Å². The second-order valence-electron chi connectivity index (χ2n) is 4.41. The van der Waals surface area contributed by atoms with Crippen molar-refractivity contribution in [1.29, 1.82) is 0 Å². The molecule has 2 aromatic heterocycles. The number of hydrogen-bond donors (Lipinski definition) is 1. The molecule has 4 heteroatoms. The quantitative estimate of drug-likeness (QED) is 0.855. The van der Waals surface area contributed by atoms with Gasteiger partial charge in [-0.2, -0.15) is 0 Å². The molecule has 2 heterocycles. The molecule has 1 N–H and O–H groups in total. The third kappa shape index (κ3) is 2.80. The predicted molar refractivity (Wildman–Crippen MR) is 79.6 cm³/mol. The van der Waals surface area contributed by atoms with Crippen molar-refractivity contribution in [2.24, 2.45) is 0 Å². The summed E-state index contributed by atoms with van der Waals surface area (Å²) in [5, 5.41) is 4.54. The fourth-order valence-electron chi connectivity index (χ4n) is 1.94. The fraction of sp³-hybridized carbons (Fsp3) is 0.571. The molecule has 18 heavy (non-hydrogen) atoms. The van der Waals surface area contributed by atoms with Crippen LogP contribution in [0.1, 0.15) is 44.3 Å². The molecule has 0 saturated heterocycles. The lowest BCUT2D eigenvalue weighted by molar-refractivity contribution is 0.758. The summed E-state index contributed by atoms with van der Waals surface area (Å²) in [7, 11) is 0. The largest absolute Gasteiger partial charge is 0.370 e. The SMILES string of the molecule is CCCCc1nc(NCC)c2cc(CC)sc2n1. The lowest BCUT2D eigenvalue weighted by Crippen LogP contribution is -2.03. The van der Waals surface area contributed by atoms with E-state index < -0.39 is 0 Å². The van der Waals surface area contributed by atoms with Crippen LogP contribution in [0, 0.1) is 0 Å². The first-order valence-corrected chi connectivity index (χ1v) is 7.63. The predicted octanol–water partition coefficient (Wildman–Crippen LogP) is 4.03. The second-order valence-corrected chi connectivity index (χ2v) is 5.52. The van der Waals surface area contributed by atoms with Crippen LogP contribution in [0.25, 0.3) is 10.2 Å². The summed E-state index contributed by atoms with van der Waals surface area (Å²) in [4.78, 5) is 11.9. The van der Waals surface area contributed by atoms with Crippen molar-refractivity contribution in [1.82, 2.24) is 9.97 Å². The minimum Gasteiger partial charge on any atom is -0.370 e. The first-order valence-electron chi connectivity index (χ1n) is 6.81. The van der Waals surface area contributed by atoms with Crippen molar-refractivity contribution in [3.8, 4) is 0 Å². The van der Waals surface area contributed by atoms with Crippen LogP contribution < -0.4 is 5.32 Å². The molecule has 0 spiro atoms. The zero-order valence-electron chi connectivity index (χ0n) is 11.4. The van der Waals surface area contributed by atoms with Crippen molar-refractivity contribution in [3.05, 3.63) is 16.8 Å². The lowest BCUT2D eigenvalue weighted by Gasteiger charge is -2.06. The van der Waals surface area contributed by atoms with Crippen LogP contribution in [0.2, 0.25) is 0 Å². The summed E-state index contributed by atoms with van der Waals surface area (Å²) >= 11 is 1.79. The number of hydrogen-bond acceptors (Lipinski definition) is 4. The fourth-order valence-corrected chi connectivity index (χ4v) is 2.92. The Kier molecular flexibility index (Phi) is 4.53. The van der Waals surface area contributed by atoms with Crippen LogP contribution >= 0.6 is 11.3 Å². The molecule has 3 nitrogen and oxygen atoms in total. The molecule has 2 aromatic rings. The summed E-state index contributed by atoms with van der Waals surface area (Å²) in [6.07, 6.45) is 4.38. The van der Waals surface area contributed by atoms with Crippen molar-refractivity contribution in [3.63, 3.8) is 0 Å². The van der Waals surface area contributed by atoms with Gasteiger partial charge in [0.05, 0.1) is 5.39 Å². The summed E-state index contributed by atoms with van der Waals surface area (Å²) in [5.41, 5.74) is 0. The lowest BCUT2D eigenvalue weighted by atomic mass is 10.2. The maximum absolute atomic E-state index is 4.69. The normalized spacial score (nSPS) is 11.1. The molecule has 0 unspecified atom stereocenters. The molecule has 0 fully saturated rings. The maximum atomic E-state index is 4.69. The molecule has 0 atom stereocenters. The van der Waals surface area contributed by atoms with E-state index in [0.29, 0.717) is 0 Å². The van der Waals surface area contributed by atoms with Gasteiger partial charge in [0.15, 0.2) is 0 Å². The molecular weight excluding hydrogens is 242 g/mol. The zero-order chi connectivity index (χ0) is 13.0. The van der Waals surface area contributed by atoms with Crippen LogP contribution in [0.5, 0.6) is 0 Å². The van der Waals surface area contributed by atoms with Crippen molar-refractivity contribution in [2.75, 3.05) is 11.9 Å². The number of fused-ring (bicyclic) bond motifs is 1. The highest BCUT2D eigenvalue weighted by molar-refractivity contribution is 7.18. The Morgan fingerprint density at radius 3 is 2.72 bits per heavy atom. The van der Waals surface area contributed by atoms with Crippen LogP contribution in [0.3, 0.4) is 0 Å². The summed E-state index contributed by atoms with van der Waals surface area (Å²) in [6, 6.07) is 2.22. The molecule has 0 aliphatic heterocycles. The minimum absolute atomic E-state index is 0.899. The van der Waals surface area contributed by atoms with Crippen LogP contribution in [-0.4, -0.2) is 16.5 Å². The number of nitrogens with zero attached hydrogens (tertiary/aromatic N) is 2. The van der Waals surface area contributed by atoms with E-state index in [1.54, 1.807) is 11.3 Å². The first-order chi connectivity index (χ1) is 8.78. The van der Waals surface area contributed by atoms with Crippen molar-refractivity contribution in [2.45, 2.75) is 46.5 Å². The third-order valence-electron chi connectivity index (χ3n) is 2.94. The van der Waals surface area contributed by atoms with Gasteiger partial charge < -0.3 is 5.32 Å². The number of unbranched alkanes of at least 4 members (excludes halogenated alkanes) is 1. The highest BCUT2D eigenvalue weighted by Gasteiger charge is 2.10. The summed E-state index contributed by atoms with van der Waals surface area (Å²) < 4.78 is 0. The van der Waals surface area contributed by atoms with Gasteiger partial charge in [-0.1, -0.05) is 20.3 Å². The topological polar surface area (TPSA) is 37.8 Å². The van der Waals surface area contributed by atoms with E-state index in [4.69, 9.17) is 4.98 Å². The molecule has 0 amide bonds. The molecule has 0 radical (unpaired) electrons. The average molecular weight is 263 g/mol. The molecule has 0 bridgehead atoms. The molecule has 0 aliphatic carbocycles. The number of rotatable bonds is 6. The number of anilines is 1. The molecular formula is C14H21N3S. The minimum atomic E-state index is 0.899. The van der Waals surface area contributed by atoms with Crippen LogP contribution in [0.15, 0.2) is 6.07 Å². The summed E-state index contributed by atoms with van der Waals surface area (Å²) in [6.45, 7) is 7.39. The Labute approximate surface area is 113 Å². The van der Waals surface area contributed by atoms with E-state index in [1.807, 2.05) is 0 Å². The van der Waals surface area contributed by atoms with Gasteiger partial charge in [0, 0.05) is 17.8 Å². The van der Waals surface area contributed by atoms with Crippen molar-refractivity contribution >= 4 is 27.4 Å². The molecule has 98 valence electrons. The monoisotopic (exact) mass is 263 g/mol. The van der Waals surface area contributed by atoms with Gasteiger partial charge in [0.2, 0.25) is 0 Å². The molecule has 0 saturated carbocycles. The number of aryl methyl sites for hydroxylation is 2. The first kappa shape index (κ1) is 13.3. The van der Waals surface area contributed by atoms with Gasteiger partial charge in [0.1, 0.15) is 16.5 Å². The van der Waals surface area contributed by atoms with Gasteiger partial charge in [-0.3, -0.25) is 0 Å². The number of nitrogens with one attached hydrogen (secondary N) is 1. The van der Waals surface area contributed by atoms with E-state index >= 15 is 0 Å². The van der Waals surface area contributed by atoms with Crippen LogP contribution in [0.4, 0.5) is 5.82 Å². The summed E-state index contributed by atoms with van der Waals surface area (Å²) in [5.74, 6) is 1.98. The van der Waals surface area contributed by atoms with E-state index in [1.165, 1.54) is 16.7 Å². The van der Waals surface area contributed by atoms with Gasteiger partial charge in [0.25, 0.3) is 0 Å². The maximum Gasteiger partial charge on any atom is 0.138 e. The molecule has 0 aliphatic rings. The number of aromatic nitrogens is 2.